The van der Waals surface area contributed by atoms with Gasteiger partial charge in [-0.1, -0.05) is 36.4 Å². The number of nitrogens with two attached hydrogens (primary N) is 1. The van der Waals surface area contributed by atoms with Crippen LogP contribution >= 0.6 is 0 Å². The van der Waals surface area contributed by atoms with E-state index in [1.165, 1.54) is 7.05 Å². The van der Waals surface area contributed by atoms with Gasteiger partial charge < -0.3 is 35.5 Å². The lowest BCUT2D eigenvalue weighted by Gasteiger charge is -2.29. The summed E-state index contributed by atoms with van der Waals surface area (Å²) in [4.78, 5) is 51.3. The summed E-state index contributed by atoms with van der Waals surface area (Å²) in [6, 6.07) is 13.8. The number of nitrogens with zero attached hydrogens (tertiary/aromatic N) is 4. The number of hydrogen-bond acceptors (Lipinski definition) is 10. The number of benzene rings is 1. The van der Waals surface area contributed by atoms with Gasteiger partial charge in [0.15, 0.2) is 17.3 Å². The highest BCUT2D eigenvalue weighted by Gasteiger charge is 2.34. The Kier molecular flexibility index (Phi) is 11.4. The summed E-state index contributed by atoms with van der Waals surface area (Å²) in [5.41, 5.74) is 5.10. The van der Waals surface area contributed by atoms with E-state index >= 15 is 0 Å². The van der Waals surface area contributed by atoms with Crippen LogP contribution in [0.4, 0.5) is 9.59 Å². The molecule has 238 valence electrons. The minimum absolute atomic E-state index is 0.00199. The number of carbonyl (C=O) groups excluding carboxylic acids is 4. The fraction of sp³-hybridized carbons (Fsp3) is 0.467. The van der Waals surface area contributed by atoms with Gasteiger partial charge in [-0.15, -0.1) is 10.2 Å². The zero-order valence-electron chi connectivity index (χ0n) is 26.0. The van der Waals surface area contributed by atoms with Crippen molar-refractivity contribution in [3.05, 3.63) is 65.6 Å². The summed E-state index contributed by atoms with van der Waals surface area (Å²) >= 11 is 0. The van der Waals surface area contributed by atoms with Crippen LogP contribution in [-0.4, -0.2) is 81.3 Å². The second-order valence-corrected chi connectivity index (χ2v) is 11.7. The molecule has 3 amide bonds. The number of pyridine rings is 1. The average molecular weight is 612 g/mol. The van der Waals surface area contributed by atoms with Crippen molar-refractivity contribution in [2.45, 2.75) is 65.0 Å². The second-order valence-electron chi connectivity index (χ2n) is 11.7. The van der Waals surface area contributed by atoms with Crippen LogP contribution in [0.3, 0.4) is 0 Å². The van der Waals surface area contributed by atoms with E-state index in [4.69, 9.17) is 19.9 Å². The summed E-state index contributed by atoms with van der Waals surface area (Å²) < 4.78 is 18.4. The summed E-state index contributed by atoms with van der Waals surface area (Å²) in [5.74, 6) is -0.526. The Balaban J connectivity index is 1.86. The standard InChI is InChI=1S/C30H41N7O7/c1-29(2,3)44-27(40)33-30(4,5)26(39)32-23(19-42-17-20-11-8-7-9-12-20)25-35-34-24-14-10-13-21(37(24)25)18-43-28(41)36(6)16-22(38)15-31/h7-14,23H,15-19,31H2,1-6H3,(H,32,39)(H,33,40)/t23-/m1/s1. The number of alkyl carbamates (subject to hydrolysis) is 1. The van der Waals surface area contributed by atoms with Crippen LogP contribution in [0.1, 0.15) is 57.7 Å². The molecule has 1 aromatic carbocycles. The quantitative estimate of drug-likeness (QED) is 0.260. The Morgan fingerprint density at radius 1 is 0.977 bits per heavy atom. The summed E-state index contributed by atoms with van der Waals surface area (Å²) in [5, 5.41) is 14.1. The highest BCUT2D eigenvalue weighted by atomic mass is 16.6. The fourth-order valence-electron chi connectivity index (χ4n) is 4.01. The lowest BCUT2D eigenvalue weighted by Crippen LogP contribution is -2.56. The summed E-state index contributed by atoms with van der Waals surface area (Å²) in [7, 11) is 1.43. The van der Waals surface area contributed by atoms with E-state index in [9.17, 15) is 19.2 Å². The highest BCUT2D eigenvalue weighted by Crippen LogP contribution is 2.19. The number of aromatic nitrogens is 3. The third-order valence-electron chi connectivity index (χ3n) is 6.22. The molecule has 0 aliphatic rings. The highest BCUT2D eigenvalue weighted by molar-refractivity contribution is 5.89. The second kappa shape index (κ2) is 14.8. The van der Waals surface area contributed by atoms with Gasteiger partial charge in [0.2, 0.25) is 5.91 Å². The van der Waals surface area contributed by atoms with E-state index < -0.39 is 35.3 Å². The van der Waals surface area contributed by atoms with Crippen molar-refractivity contribution in [2.24, 2.45) is 5.73 Å². The van der Waals surface area contributed by atoms with E-state index in [0.717, 1.165) is 10.5 Å². The van der Waals surface area contributed by atoms with Crippen LogP contribution in [-0.2, 0) is 37.0 Å². The molecule has 2 aromatic heterocycles. The number of likely N-dealkylation sites (N-methyl/N-ethyl adjacent to an activating group) is 1. The number of ether oxygens (including phenoxy) is 3. The molecular weight excluding hydrogens is 570 g/mol. The zero-order valence-corrected chi connectivity index (χ0v) is 26.0. The molecule has 14 heteroatoms. The molecule has 0 fully saturated rings. The van der Waals surface area contributed by atoms with E-state index in [1.54, 1.807) is 57.2 Å². The van der Waals surface area contributed by atoms with Gasteiger partial charge in [0.05, 0.1) is 32.0 Å². The first kappa shape index (κ1) is 33.9. The third kappa shape index (κ3) is 9.74. The molecule has 3 aromatic rings. The van der Waals surface area contributed by atoms with Crippen LogP contribution in [0.5, 0.6) is 0 Å². The van der Waals surface area contributed by atoms with Gasteiger partial charge in [0.25, 0.3) is 0 Å². The van der Waals surface area contributed by atoms with Crippen molar-refractivity contribution >= 4 is 29.5 Å². The first-order chi connectivity index (χ1) is 20.7. The molecule has 0 aliphatic carbocycles. The fourth-order valence-corrected chi connectivity index (χ4v) is 4.01. The number of amides is 3. The summed E-state index contributed by atoms with van der Waals surface area (Å²) in [6.45, 7) is 7.99. The first-order valence-corrected chi connectivity index (χ1v) is 14.1. The molecule has 1 atom stereocenters. The number of rotatable bonds is 13. The predicted octanol–water partition coefficient (Wildman–Crippen LogP) is 2.50. The van der Waals surface area contributed by atoms with Crippen LogP contribution in [0.15, 0.2) is 48.5 Å². The van der Waals surface area contributed by atoms with E-state index in [2.05, 4.69) is 20.8 Å². The van der Waals surface area contributed by atoms with Crippen molar-refractivity contribution in [1.29, 1.82) is 0 Å². The Morgan fingerprint density at radius 2 is 1.68 bits per heavy atom. The van der Waals surface area contributed by atoms with E-state index in [-0.39, 0.29) is 38.7 Å². The molecule has 2 heterocycles. The molecule has 0 saturated carbocycles. The lowest BCUT2D eigenvalue weighted by atomic mass is 10.0. The van der Waals surface area contributed by atoms with Crippen LogP contribution in [0.2, 0.25) is 0 Å². The summed E-state index contributed by atoms with van der Waals surface area (Å²) in [6.07, 6.45) is -1.46. The lowest BCUT2D eigenvalue weighted by molar-refractivity contribution is -0.128. The largest absolute Gasteiger partial charge is 0.444 e. The Labute approximate surface area is 256 Å². The minimum Gasteiger partial charge on any atom is -0.444 e. The normalized spacial score (nSPS) is 12.3. The molecule has 0 aliphatic heterocycles. The molecular formula is C30H41N7O7. The number of Topliss-reactive ketones (excluding diaryl/α,β-unsaturated/α-hetero) is 1. The first-order valence-electron chi connectivity index (χ1n) is 14.1. The van der Waals surface area contributed by atoms with Gasteiger partial charge in [-0.05, 0) is 52.3 Å². The molecule has 44 heavy (non-hydrogen) atoms. The zero-order chi connectivity index (χ0) is 32.5. The number of nitrogens with one attached hydrogen (secondary N) is 2. The van der Waals surface area contributed by atoms with Gasteiger partial charge in [-0.25, -0.2) is 9.59 Å². The van der Waals surface area contributed by atoms with Crippen molar-refractivity contribution in [1.82, 2.24) is 30.1 Å². The average Bonchev–Trinajstić information content (AvgIpc) is 3.39. The molecule has 0 saturated heterocycles. The van der Waals surface area contributed by atoms with Crippen LogP contribution < -0.4 is 16.4 Å². The van der Waals surface area contributed by atoms with Crippen molar-refractivity contribution in [3.63, 3.8) is 0 Å². The van der Waals surface area contributed by atoms with Gasteiger partial charge in [0, 0.05) is 7.05 Å². The number of hydrogen-bond donors (Lipinski definition) is 3. The van der Waals surface area contributed by atoms with Gasteiger partial charge in [-0.3, -0.25) is 14.0 Å². The van der Waals surface area contributed by atoms with E-state index in [0.29, 0.717) is 17.2 Å². The molecule has 0 unspecified atom stereocenters. The third-order valence-corrected chi connectivity index (χ3v) is 6.22. The number of fused-ring (bicyclic) bond motifs is 1. The Morgan fingerprint density at radius 3 is 2.34 bits per heavy atom. The van der Waals surface area contributed by atoms with Crippen molar-refractivity contribution in [3.8, 4) is 0 Å². The molecule has 0 bridgehead atoms. The van der Waals surface area contributed by atoms with Crippen LogP contribution in [0, 0.1) is 0 Å². The van der Waals surface area contributed by atoms with Gasteiger partial charge >= 0.3 is 12.2 Å². The monoisotopic (exact) mass is 611 g/mol. The Hall–Kier alpha value is -4.56. The Bertz CT molecular complexity index is 1450. The molecule has 0 spiro atoms. The predicted molar refractivity (Wildman–Crippen MR) is 160 cm³/mol. The van der Waals surface area contributed by atoms with Crippen molar-refractivity contribution < 1.29 is 33.4 Å². The maximum absolute atomic E-state index is 13.5. The molecule has 3 rings (SSSR count). The van der Waals surface area contributed by atoms with Crippen molar-refractivity contribution in [2.75, 3.05) is 26.7 Å². The molecule has 14 nitrogen and oxygen atoms in total. The molecule has 0 radical (unpaired) electrons. The SMILES string of the molecule is CN(CC(=O)CN)C(=O)OCc1cccc2nnc([C@@H](COCc3ccccc3)NC(=O)C(C)(C)NC(=O)OC(C)(C)C)n12. The minimum atomic E-state index is -1.37. The maximum Gasteiger partial charge on any atom is 0.410 e. The topological polar surface area (TPSA) is 179 Å². The smallest absolute Gasteiger partial charge is 0.410 e. The van der Waals surface area contributed by atoms with Gasteiger partial charge in [0.1, 0.15) is 23.8 Å². The van der Waals surface area contributed by atoms with E-state index in [1.807, 2.05) is 30.3 Å². The van der Waals surface area contributed by atoms with Gasteiger partial charge in [-0.2, -0.15) is 0 Å². The maximum atomic E-state index is 13.5. The number of ketones is 1. The molecule has 4 N–H and O–H groups in total. The van der Waals surface area contributed by atoms with Crippen LogP contribution in [0.25, 0.3) is 5.65 Å². The number of carbonyl (C=O) groups is 4.